The summed E-state index contributed by atoms with van der Waals surface area (Å²) in [5, 5.41) is 0. The van der Waals surface area contributed by atoms with E-state index in [1.165, 1.54) is 0 Å². The molecule has 0 radical (unpaired) electrons. The molecule has 0 fully saturated rings. The van der Waals surface area contributed by atoms with Crippen LogP contribution >= 0.6 is 0 Å². The van der Waals surface area contributed by atoms with Crippen LogP contribution in [-0.2, 0) is 29.1 Å². The Bertz CT molecular complexity index is 397. The Labute approximate surface area is 133 Å². The molecule has 0 aliphatic rings. The van der Waals surface area contributed by atoms with Crippen molar-refractivity contribution < 1.29 is 31.9 Å². The monoisotopic (exact) mass is 338 g/mol. The zero-order valence-corrected chi connectivity index (χ0v) is 13.9. The van der Waals surface area contributed by atoms with Gasteiger partial charge >= 0.3 is 0 Å². The molecule has 0 aromatic heterocycles. The van der Waals surface area contributed by atoms with Crippen molar-refractivity contribution in [3.63, 3.8) is 0 Å². The van der Waals surface area contributed by atoms with Crippen molar-refractivity contribution in [3.8, 4) is 12.0 Å². The van der Waals surface area contributed by atoms with Gasteiger partial charge < -0.3 is 18.9 Å². The van der Waals surface area contributed by atoms with E-state index in [4.69, 9.17) is 23.5 Å². The van der Waals surface area contributed by atoms with Crippen LogP contribution in [-0.4, -0.2) is 65.0 Å². The van der Waals surface area contributed by atoms with Gasteiger partial charge in [0.25, 0.3) is 10.1 Å². The summed E-state index contributed by atoms with van der Waals surface area (Å²) in [4.78, 5) is 0. The molecule has 8 heteroatoms. The molecule has 22 heavy (non-hydrogen) atoms. The van der Waals surface area contributed by atoms with Gasteiger partial charge in [0, 0.05) is 6.42 Å². The summed E-state index contributed by atoms with van der Waals surface area (Å²) in [6.07, 6.45) is 5.70. The maximum atomic E-state index is 10.4. The minimum atomic E-state index is -3.95. The molecule has 0 saturated heterocycles. The highest BCUT2D eigenvalue weighted by Crippen LogP contribution is 1.90. The van der Waals surface area contributed by atoms with E-state index in [2.05, 4.69) is 19.0 Å². The summed E-state index contributed by atoms with van der Waals surface area (Å²) in [6.45, 7) is 4.43. The molecule has 0 spiro atoms. The van der Waals surface area contributed by atoms with E-state index in [0.29, 0.717) is 33.0 Å². The van der Waals surface area contributed by atoms with Gasteiger partial charge in [-0.1, -0.05) is 19.3 Å². The minimum absolute atomic E-state index is 0.0463. The number of unbranched alkanes of at least 4 members (excludes halogenated alkanes) is 2. The molecule has 7 nitrogen and oxygen atoms in total. The van der Waals surface area contributed by atoms with Gasteiger partial charge in [-0.3, -0.25) is 4.55 Å². The number of hydrogen-bond acceptors (Lipinski definition) is 6. The van der Waals surface area contributed by atoms with Crippen LogP contribution in [0.1, 0.15) is 26.2 Å². The lowest BCUT2D eigenvalue weighted by molar-refractivity contribution is 0.00971. The highest BCUT2D eigenvalue weighted by Gasteiger charge is 2.02. The average molecular weight is 338 g/mol. The molecule has 0 rings (SSSR count). The van der Waals surface area contributed by atoms with Crippen molar-refractivity contribution in [2.75, 3.05) is 52.0 Å². The second-order valence-electron chi connectivity index (χ2n) is 4.35. The quantitative estimate of drug-likeness (QED) is 0.288. The van der Waals surface area contributed by atoms with Crippen LogP contribution < -0.4 is 0 Å². The predicted molar refractivity (Wildman–Crippen MR) is 82.1 cm³/mol. The molecule has 0 atom stereocenters. The summed E-state index contributed by atoms with van der Waals surface area (Å²) >= 11 is 0. The Morgan fingerprint density at radius 1 is 0.909 bits per heavy atom. The first kappa shape index (κ1) is 21.1. The minimum Gasteiger partial charge on any atom is -0.444 e. The largest absolute Gasteiger partial charge is 0.444 e. The van der Waals surface area contributed by atoms with Crippen LogP contribution in [0.2, 0.25) is 0 Å². The zero-order chi connectivity index (χ0) is 16.5. The van der Waals surface area contributed by atoms with Crippen molar-refractivity contribution >= 4 is 10.1 Å². The highest BCUT2D eigenvalue weighted by molar-refractivity contribution is 7.85. The first-order chi connectivity index (χ1) is 10.6. The van der Waals surface area contributed by atoms with Crippen LogP contribution in [0.3, 0.4) is 0 Å². The van der Waals surface area contributed by atoms with Gasteiger partial charge in [-0.05, 0) is 6.42 Å². The van der Waals surface area contributed by atoms with Gasteiger partial charge in [0.1, 0.15) is 12.7 Å². The van der Waals surface area contributed by atoms with E-state index < -0.39 is 15.9 Å². The first-order valence-corrected chi connectivity index (χ1v) is 8.95. The third-order valence-corrected chi connectivity index (χ3v) is 3.04. The van der Waals surface area contributed by atoms with Gasteiger partial charge in [-0.15, -0.1) is 0 Å². The van der Waals surface area contributed by atoms with Crippen molar-refractivity contribution in [3.05, 3.63) is 0 Å². The molecule has 0 unspecified atom stereocenters. The fraction of sp³-hybridized carbons (Fsp3) is 0.857. The van der Waals surface area contributed by atoms with E-state index in [1.807, 2.05) is 0 Å². The summed E-state index contributed by atoms with van der Waals surface area (Å²) in [5.41, 5.74) is 0. The van der Waals surface area contributed by atoms with Gasteiger partial charge in [-0.25, -0.2) is 0 Å². The number of ether oxygens (including phenoxy) is 4. The normalized spacial score (nSPS) is 11.0. The number of hydrogen-bond donors (Lipinski definition) is 1. The topological polar surface area (TPSA) is 91.3 Å². The summed E-state index contributed by atoms with van der Waals surface area (Å²) in [6, 6.07) is 0. The van der Waals surface area contributed by atoms with Crippen LogP contribution in [0.15, 0.2) is 0 Å². The Kier molecular flexibility index (Phi) is 14.5. The van der Waals surface area contributed by atoms with Gasteiger partial charge in [0.2, 0.25) is 0 Å². The third kappa shape index (κ3) is 19.1. The van der Waals surface area contributed by atoms with Crippen molar-refractivity contribution in [2.45, 2.75) is 26.2 Å². The highest BCUT2D eigenvalue weighted by atomic mass is 32.2. The third-order valence-electron chi connectivity index (χ3n) is 2.36. The molecule has 0 heterocycles. The van der Waals surface area contributed by atoms with Crippen LogP contribution in [0.5, 0.6) is 0 Å². The zero-order valence-electron chi connectivity index (χ0n) is 13.1. The van der Waals surface area contributed by atoms with E-state index in [-0.39, 0.29) is 13.2 Å². The van der Waals surface area contributed by atoms with Gasteiger partial charge in [0.15, 0.2) is 0 Å². The molecular formula is C14H26O7S. The Balaban J connectivity index is 3.12. The molecule has 130 valence electrons. The van der Waals surface area contributed by atoms with Crippen LogP contribution in [0.4, 0.5) is 0 Å². The lowest BCUT2D eigenvalue weighted by atomic mass is 10.3. The van der Waals surface area contributed by atoms with Crippen LogP contribution in [0.25, 0.3) is 0 Å². The lowest BCUT2D eigenvalue weighted by Crippen LogP contribution is -2.14. The molecule has 0 amide bonds. The fourth-order valence-corrected chi connectivity index (χ4v) is 1.55. The van der Waals surface area contributed by atoms with Crippen molar-refractivity contribution in [2.24, 2.45) is 0 Å². The molecule has 1 N–H and O–H groups in total. The second-order valence-corrected chi connectivity index (χ2v) is 5.93. The van der Waals surface area contributed by atoms with Gasteiger partial charge in [-0.2, -0.15) is 8.42 Å². The summed E-state index contributed by atoms with van der Waals surface area (Å²) in [5.74, 6) is 2.51. The predicted octanol–water partition coefficient (Wildman–Crippen LogP) is 1.09. The van der Waals surface area contributed by atoms with Crippen LogP contribution in [0, 0.1) is 12.0 Å². The molecule has 0 saturated carbocycles. The first-order valence-electron chi connectivity index (χ1n) is 7.34. The molecule has 0 aromatic carbocycles. The summed E-state index contributed by atoms with van der Waals surface area (Å²) in [7, 11) is -3.95. The van der Waals surface area contributed by atoms with E-state index in [0.717, 1.165) is 19.3 Å². The van der Waals surface area contributed by atoms with E-state index >= 15 is 0 Å². The smallest absolute Gasteiger partial charge is 0.267 e. The SMILES string of the molecule is CCCCC#COCCOCCOCCOCCS(=O)(=O)O. The standard InChI is InChI=1S/C14H26O7S/c1-2-3-4-5-6-18-7-8-19-9-10-20-11-12-21-13-14-22(15,16)17/h2-4,7-14H2,1H3,(H,15,16,17). The molecule has 0 aromatic rings. The Morgan fingerprint density at radius 3 is 2.00 bits per heavy atom. The number of rotatable bonds is 14. The Hall–Kier alpha value is -0.850. The van der Waals surface area contributed by atoms with E-state index in [1.54, 1.807) is 0 Å². The van der Waals surface area contributed by atoms with Gasteiger partial charge in [0.05, 0.1) is 45.4 Å². The van der Waals surface area contributed by atoms with E-state index in [9.17, 15) is 8.42 Å². The lowest BCUT2D eigenvalue weighted by Gasteiger charge is -2.06. The second kappa shape index (κ2) is 15.1. The van der Waals surface area contributed by atoms with Crippen molar-refractivity contribution in [1.82, 2.24) is 0 Å². The average Bonchev–Trinajstić information content (AvgIpc) is 2.45. The molecule has 0 bridgehead atoms. The molecule has 0 aliphatic carbocycles. The fourth-order valence-electron chi connectivity index (χ4n) is 1.22. The van der Waals surface area contributed by atoms with Crippen molar-refractivity contribution in [1.29, 1.82) is 0 Å². The maximum absolute atomic E-state index is 10.4. The maximum Gasteiger partial charge on any atom is 0.267 e. The molecule has 0 aliphatic heterocycles. The summed E-state index contributed by atoms with van der Waals surface area (Å²) < 4.78 is 49.7. The molecular weight excluding hydrogens is 312 g/mol. The Morgan fingerprint density at radius 2 is 1.45 bits per heavy atom.